The minimum atomic E-state index is -1.89. The molecule has 0 radical (unpaired) electrons. The van der Waals surface area contributed by atoms with Gasteiger partial charge in [0.1, 0.15) is 48.3 Å². The van der Waals surface area contributed by atoms with E-state index in [2.05, 4.69) is 47.9 Å². The fraction of sp³-hybridized carbons (Fsp3) is 0.627. The number of benzene rings is 1. The van der Waals surface area contributed by atoms with Crippen molar-refractivity contribution in [3.05, 3.63) is 35.9 Å². The third-order valence-electron chi connectivity index (χ3n) is 12.4. The molecule has 10 amide bonds. The first-order valence-corrected chi connectivity index (χ1v) is 25.9. The smallest absolute Gasteiger partial charge is 0.305 e. The van der Waals surface area contributed by atoms with Gasteiger partial charge in [-0.3, -0.25) is 62.3 Å². The second kappa shape index (κ2) is 33.4. The van der Waals surface area contributed by atoms with Gasteiger partial charge < -0.3 is 74.0 Å². The third-order valence-corrected chi connectivity index (χ3v) is 12.4. The van der Waals surface area contributed by atoms with Gasteiger partial charge in [0.05, 0.1) is 19.1 Å². The number of carbonyl (C=O) groups excluding carboxylic acids is 10. The quantitative estimate of drug-likeness (QED) is 0.0349. The van der Waals surface area contributed by atoms with Gasteiger partial charge in [0.2, 0.25) is 59.1 Å². The number of aliphatic hydroxyl groups excluding tert-OH is 1. The number of aliphatic hydroxyl groups is 1. The van der Waals surface area contributed by atoms with Crippen LogP contribution in [0.5, 0.6) is 0 Å². The molecule has 0 unspecified atom stereocenters. The predicted octanol–water partition coefficient (Wildman–Crippen LogP) is -2.01. The van der Waals surface area contributed by atoms with Crippen LogP contribution in [0, 0.1) is 17.8 Å². The monoisotopic (exact) mass is 1100 g/mol. The summed E-state index contributed by atoms with van der Waals surface area (Å²) in [5.74, 6) is -14.4. The standard InChI is InChI=1S/C51H78N10O17/c1-26(2)20-34(44(52)71)58-49(76)37(23-30-12-8-7-9-13-30)59-48(75)36(22-31-14-10-11-15-31)55-39(64)25-53-51(78)43(28(5)62)61-46(73)33(17-19-41(67)68)56-45(72)32(16-18-40(65)66)57-50(77)38(24-42(69)70)60-47(74)35(21-27(3)4)54-29(6)63/h7-9,12-13,26-28,31-38,43,62H,10-11,14-25H2,1-6H3,(H2,52,71)(H,53,78)(H,54,63)(H,55,64)(H,56,72)(H,57,77)(H,58,76)(H,59,75)(H,60,74)(H,61,73)(H,65,66)(H,67,68)(H,69,70)/t28-,32+,33+,34+,35+,36+,37+,38+,43+/m1/s1. The van der Waals surface area contributed by atoms with Gasteiger partial charge in [0.25, 0.3) is 0 Å². The molecule has 2 rings (SSSR count). The number of carboxylic acids is 3. The Morgan fingerprint density at radius 3 is 1.47 bits per heavy atom. The summed E-state index contributed by atoms with van der Waals surface area (Å²) in [5.41, 5.74) is 6.26. The lowest BCUT2D eigenvalue weighted by molar-refractivity contribution is -0.142. The van der Waals surface area contributed by atoms with Crippen LogP contribution >= 0.6 is 0 Å². The number of nitrogens with two attached hydrogens (primary N) is 1. The van der Waals surface area contributed by atoms with Crippen molar-refractivity contribution < 1.29 is 82.8 Å². The molecule has 27 nitrogen and oxygen atoms in total. The summed E-state index contributed by atoms with van der Waals surface area (Å²) < 4.78 is 0. The van der Waals surface area contributed by atoms with E-state index in [0.29, 0.717) is 5.56 Å². The molecule has 78 heavy (non-hydrogen) atoms. The first-order chi connectivity index (χ1) is 36.6. The third kappa shape index (κ3) is 25.4. The lowest BCUT2D eigenvalue weighted by Crippen LogP contribution is -2.61. The van der Waals surface area contributed by atoms with E-state index in [9.17, 15) is 82.8 Å². The van der Waals surface area contributed by atoms with Crippen molar-refractivity contribution in [1.29, 1.82) is 0 Å². The SMILES string of the molecule is CC(=O)N[C@@H](CC(C)C)C(=O)N[C@@H](CC(=O)O)C(=O)N[C@@H](CCC(=O)O)C(=O)N[C@@H](CCC(=O)O)C(=O)N[C@H](C(=O)NCC(=O)N[C@@H](CC1CCCC1)C(=O)N[C@@H](Cc1ccccc1)C(=O)N[C@@H](CC(C)C)C(N)=O)[C@@H](C)O. The summed E-state index contributed by atoms with van der Waals surface area (Å²) in [7, 11) is 0. The Bertz CT molecular complexity index is 2270. The molecular weight excluding hydrogens is 1020 g/mol. The van der Waals surface area contributed by atoms with Gasteiger partial charge in [-0.1, -0.05) is 83.7 Å². The normalized spacial score (nSPS) is 15.8. The Kier molecular flexibility index (Phi) is 28.5. The molecule has 27 heteroatoms. The summed E-state index contributed by atoms with van der Waals surface area (Å²) in [4.78, 5) is 168. The summed E-state index contributed by atoms with van der Waals surface area (Å²) in [6.07, 6.45) is -1.99. The molecule has 1 fully saturated rings. The number of amides is 10. The fourth-order valence-electron chi connectivity index (χ4n) is 8.54. The number of carboxylic acid groups (broad SMARTS) is 3. The van der Waals surface area contributed by atoms with Crippen molar-refractivity contribution in [3.63, 3.8) is 0 Å². The zero-order chi connectivity index (χ0) is 58.8. The molecule has 434 valence electrons. The first-order valence-electron chi connectivity index (χ1n) is 25.9. The highest BCUT2D eigenvalue weighted by atomic mass is 16.4. The maximum atomic E-state index is 14.1. The molecule has 9 atom stereocenters. The second-order valence-electron chi connectivity index (χ2n) is 20.3. The molecule has 1 aliphatic carbocycles. The van der Waals surface area contributed by atoms with E-state index in [-0.39, 0.29) is 43.4 Å². The zero-order valence-corrected chi connectivity index (χ0v) is 44.9. The number of primary amides is 1. The Morgan fingerprint density at radius 2 is 0.987 bits per heavy atom. The van der Waals surface area contributed by atoms with Crippen LogP contribution in [0.25, 0.3) is 0 Å². The molecule has 1 saturated carbocycles. The average Bonchev–Trinajstić information content (AvgIpc) is 3.86. The minimum absolute atomic E-state index is 0.00106. The van der Waals surface area contributed by atoms with Gasteiger partial charge in [-0.25, -0.2) is 0 Å². The number of hydrogen-bond acceptors (Lipinski definition) is 14. The number of nitrogens with one attached hydrogen (secondary N) is 9. The highest BCUT2D eigenvalue weighted by Gasteiger charge is 2.36. The Labute approximate surface area is 451 Å². The maximum Gasteiger partial charge on any atom is 0.305 e. The van der Waals surface area contributed by atoms with Crippen LogP contribution in [0.3, 0.4) is 0 Å². The minimum Gasteiger partial charge on any atom is -0.481 e. The van der Waals surface area contributed by atoms with Crippen molar-refractivity contribution >= 4 is 77.0 Å². The van der Waals surface area contributed by atoms with Crippen LogP contribution in [-0.2, 0) is 68.7 Å². The van der Waals surface area contributed by atoms with E-state index >= 15 is 0 Å². The maximum absolute atomic E-state index is 14.1. The highest BCUT2D eigenvalue weighted by molar-refractivity contribution is 5.99. The Morgan fingerprint density at radius 1 is 0.538 bits per heavy atom. The van der Waals surface area contributed by atoms with Crippen LogP contribution in [0.15, 0.2) is 30.3 Å². The van der Waals surface area contributed by atoms with E-state index < -0.39 is 170 Å². The van der Waals surface area contributed by atoms with Crippen LogP contribution in [0.2, 0.25) is 0 Å². The lowest BCUT2D eigenvalue weighted by atomic mass is 9.96. The van der Waals surface area contributed by atoms with Crippen LogP contribution in [0.4, 0.5) is 0 Å². The van der Waals surface area contributed by atoms with E-state index in [1.54, 1.807) is 44.2 Å². The van der Waals surface area contributed by atoms with Crippen molar-refractivity contribution in [2.45, 2.75) is 179 Å². The number of aliphatic carboxylic acids is 3. The average molecular weight is 1100 g/mol. The zero-order valence-electron chi connectivity index (χ0n) is 44.9. The van der Waals surface area contributed by atoms with Gasteiger partial charge in [0.15, 0.2) is 0 Å². The molecule has 0 heterocycles. The second-order valence-corrected chi connectivity index (χ2v) is 20.3. The molecule has 0 bridgehead atoms. The van der Waals surface area contributed by atoms with Gasteiger partial charge in [-0.2, -0.15) is 0 Å². The molecule has 0 aromatic heterocycles. The van der Waals surface area contributed by atoms with Crippen molar-refractivity contribution in [3.8, 4) is 0 Å². The summed E-state index contributed by atoms with van der Waals surface area (Å²) in [5, 5.41) is 60.5. The number of carbonyl (C=O) groups is 13. The van der Waals surface area contributed by atoms with Gasteiger partial charge in [0, 0.05) is 26.2 Å². The molecule has 1 aromatic rings. The topological polar surface area (TPSA) is 437 Å². The Hall–Kier alpha value is -7.71. The first kappa shape index (κ1) is 66.4. The molecule has 0 saturated heterocycles. The molecule has 1 aromatic carbocycles. The molecule has 1 aliphatic rings. The predicted molar refractivity (Wildman–Crippen MR) is 277 cm³/mol. The van der Waals surface area contributed by atoms with E-state index in [0.717, 1.165) is 39.5 Å². The van der Waals surface area contributed by atoms with Crippen LogP contribution in [-0.4, -0.2) is 158 Å². The lowest BCUT2D eigenvalue weighted by Gasteiger charge is -2.27. The van der Waals surface area contributed by atoms with Crippen LogP contribution < -0.4 is 53.6 Å². The van der Waals surface area contributed by atoms with Gasteiger partial charge >= 0.3 is 17.9 Å². The van der Waals surface area contributed by atoms with Gasteiger partial charge in [-0.05, 0) is 62.3 Å². The fourth-order valence-corrected chi connectivity index (χ4v) is 8.54. The molecule has 15 N–H and O–H groups in total. The largest absolute Gasteiger partial charge is 0.481 e. The molecule has 0 aliphatic heterocycles. The van der Waals surface area contributed by atoms with E-state index in [1.165, 1.54) is 0 Å². The summed E-state index contributed by atoms with van der Waals surface area (Å²) >= 11 is 0. The molecular formula is C51H78N10O17. The van der Waals surface area contributed by atoms with E-state index in [1.807, 2.05) is 13.8 Å². The Balaban J connectivity index is 2.33. The molecule has 0 spiro atoms. The summed E-state index contributed by atoms with van der Waals surface area (Å²) in [6.45, 7) is 8.52. The number of hydrogen-bond donors (Lipinski definition) is 14. The van der Waals surface area contributed by atoms with Crippen molar-refractivity contribution in [2.24, 2.45) is 23.5 Å². The van der Waals surface area contributed by atoms with Crippen molar-refractivity contribution in [1.82, 2.24) is 47.9 Å². The van der Waals surface area contributed by atoms with Gasteiger partial charge in [-0.15, -0.1) is 0 Å². The van der Waals surface area contributed by atoms with Crippen molar-refractivity contribution in [2.75, 3.05) is 6.54 Å². The van der Waals surface area contributed by atoms with Crippen LogP contribution in [0.1, 0.15) is 124 Å². The highest BCUT2D eigenvalue weighted by Crippen LogP contribution is 2.29. The number of rotatable bonds is 35. The summed E-state index contributed by atoms with van der Waals surface area (Å²) in [6, 6.07) is -3.51. The van der Waals surface area contributed by atoms with E-state index in [4.69, 9.17) is 5.73 Å².